The summed E-state index contributed by atoms with van der Waals surface area (Å²) < 4.78 is 10.4. The minimum Gasteiger partial charge on any atom is -0.497 e. The van der Waals surface area contributed by atoms with Gasteiger partial charge in [-0.2, -0.15) is 0 Å². The number of methoxy groups -OCH3 is 2. The minimum atomic E-state index is 0.487. The van der Waals surface area contributed by atoms with Crippen LogP contribution in [0.25, 0.3) is 0 Å². The summed E-state index contributed by atoms with van der Waals surface area (Å²) in [6, 6.07) is 6.97. The summed E-state index contributed by atoms with van der Waals surface area (Å²) in [7, 11) is 3.49. The number of hydrogen-bond acceptors (Lipinski definition) is 3. The Morgan fingerprint density at radius 1 is 1.26 bits per heavy atom. The monoisotopic (exact) mass is 263 g/mol. The molecule has 1 atom stereocenters. The van der Waals surface area contributed by atoms with Crippen LogP contribution >= 0.6 is 0 Å². The lowest BCUT2D eigenvalue weighted by molar-refractivity contribution is 0.192. The second-order valence-electron chi connectivity index (χ2n) is 5.16. The molecule has 0 aromatic heterocycles. The summed E-state index contributed by atoms with van der Waals surface area (Å²) in [5.41, 5.74) is 2.90. The van der Waals surface area contributed by atoms with Crippen molar-refractivity contribution < 1.29 is 9.47 Å². The van der Waals surface area contributed by atoms with Crippen molar-refractivity contribution >= 4 is 0 Å². The van der Waals surface area contributed by atoms with Gasteiger partial charge in [0.05, 0.1) is 7.11 Å². The van der Waals surface area contributed by atoms with Crippen LogP contribution in [0.1, 0.15) is 42.9 Å². The summed E-state index contributed by atoms with van der Waals surface area (Å²) in [5, 5.41) is 3.68. The molecule has 0 saturated heterocycles. The fraction of sp³-hybridized carbons (Fsp3) is 0.625. The molecule has 1 aromatic rings. The molecule has 2 rings (SSSR count). The first-order valence-electron chi connectivity index (χ1n) is 7.24. The van der Waals surface area contributed by atoms with Crippen LogP contribution in [-0.4, -0.2) is 27.4 Å². The number of aryl methyl sites for hydroxylation is 1. The summed E-state index contributed by atoms with van der Waals surface area (Å²) in [6.45, 7) is 1.92. The quantitative estimate of drug-likeness (QED) is 0.767. The lowest BCUT2D eigenvalue weighted by Crippen LogP contribution is -2.26. The van der Waals surface area contributed by atoms with Gasteiger partial charge in [0.2, 0.25) is 0 Å². The number of rotatable bonds is 7. The third-order valence-electron chi connectivity index (χ3n) is 3.83. The van der Waals surface area contributed by atoms with Crippen molar-refractivity contribution in [2.75, 3.05) is 27.4 Å². The van der Waals surface area contributed by atoms with Crippen molar-refractivity contribution in [3.63, 3.8) is 0 Å². The van der Waals surface area contributed by atoms with E-state index in [0.29, 0.717) is 6.04 Å². The van der Waals surface area contributed by atoms with Crippen LogP contribution < -0.4 is 10.1 Å². The molecule has 0 aliphatic heterocycles. The van der Waals surface area contributed by atoms with Gasteiger partial charge < -0.3 is 14.8 Å². The first-order valence-corrected chi connectivity index (χ1v) is 7.24. The summed E-state index contributed by atoms with van der Waals surface area (Å²) >= 11 is 0. The molecule has 0 bridgehead atoms. The average Bonchev–Trinajstić information content (AvgIpc) is 2.46. The van der Waals surface area contributed by atoms with Gasteiger partial charge in [0.15, 0.2) is 0 Å². The van der Waals surface area contributed by atoms with E-state index in [1.807, 2.05) is 0 Å². The molecule has 3 nitrogen and oxygen atoms in total. The first kappa shape index (κ1) is 14.4. The maximum atomic E-state index is 5.34. The fourth-order valence-corrected chi connectivity index (χ4v) is 2.76. The maximum Gasteiger partial charge on any atom is 0.119 e. The van der Waals surface area contributed by atoms with Crippen LogP contribution in [-0.2, 0) is 11.2 Å². The molecule has 1 aliphatic rings. The second kappa shape index (κ2) is 7.51. The van der Waals surface area contributed by atoms with Crippen molar-refractivity contribution in [2.24, 2.45) is 0 Å². The Kier molecular flexibility index (Phi) is 5.67. The van der Waals surface area contributed by atoms with Gasteiger partial charge >= 0.3 is 0 Å². The van der Waals surface area contributed by atoms with E-state index in [1.54, 1.807) is 14.2 Å². The predicted octanol–water partition coefficient (Wildman–Crippen LogP) is 3.09. The van der Waals surface area contributed by atoms with Gasteiger partial charge in [-0.3, -0.25) is 0 Å². The number of fused-ring (bicyclic) bond motifs is 1. The van der Waals surface area contributed by atoms with Crippen molar-refractivity contribution in [3.8, 4) is 5.75 Å². The van der Waals surface area contributed by atoms with E-state index in [1.165, 1.54) is 36.8 Å². The molecule has 1 aliphatic carbocycles. The van der Waals surface area contributed by atoms with Crippen molar-refractivity contribution in [1.29, 1.82) is 0 Å². The van der Waals surface area contributed by atoms with E-state index in [9.17, 15) is 0 Å². The smallest absolute Gasteiger partial charge is 0.119 e. The Morgan fingerprint density at radius 3 is 2.95 bits per heavy atom. The highest BCUT2D eigenvalue weighted by Gasteiger charge is 2.19. The third kappa shape index (κ3) is 3.95. The highest BCUT2D eigenvalue weighted by molar-refractivity contribution is 5.39. The molecule has 1 unspecified atom stereocenters. The molecule has 1 N–H and O–H groups in total. The van der Waals surface area contributed by atoms with Gasteiger partial charge in [0.1, 0.15) is 5.75 Å². The molecular weight excluding hydrogens is 238 g/mol. The maximum absolute atomic E-state index is 5.34. The normalized spacial score (nSPS) is 18.1. The van der Waals surface area contributed by atoms with Crippen LogP contribution in [0.4, 0.5) is 0 Å². The lowest BCUT2D eigenvalue weighted by atomic mass is 9.87. The van der Waals surface area contributed by atoms with Crippen LogP contribution in [0.3, 0.4) is 0 Å². The first-order chi connectivity index (χ1) is 9.35. The Hall–Kier alpha value is -1.06. The molecule has 19 heavy (non-hydrogen) atoms. The Balaban J connectivity index is 1.92. The van der Waals surface area contributed by atoms with E-state index < -0.39 is 0 Å². The van der Waals surface area contributed by atoms with E-state index in [4.69, 9.17) is 9.47 Å². The van der Waals surface area contributed by atoms with Gasteiger partial charge in [-0.15, -0.1) is 0 Å². The highest BCUT2D eigenvalue weighted by atomic mass is 16.5. The molecule has 0 radical (unpaired) electrons. The molecule has 0 amide bonds. The van der Waals surface area contributed by atoms with Crippen LogP contribution in [0.2, 0.25) is 0 Å². The molecule has 1 aromatic carbocycles. The standard InChI is InChI=1S/C16H25NO2/c1-18-11-4-3-10-17-16-7-5-6-13-8-9-14(19-2)12-15(13)16/h8-9,12,16-17H,3-7,10-11H2,1-2H3. The number of unbranched alkanes of at least 4 members (excludes halogenated alkanes) is 1. The molecule has 0 fully saturated rings. The number of ether oxygens (including phenoxy) is 2. The molecule has 0 saturated carbocycles. The molecule has 0 spiro atoms. The lowest BCUT2D eigenvalue weighted by Gasteiger charge is -2.27. The third-order valence-corrected chi connectivity index (χ3v) is 3.83. The van der Waals surface area contributed by atoms with Gasteiger partial charge in [-0.1, -0.05) is 6.07 Å². The van der Waals surface area contributed by atoms with Crippen LogP contribution in [0, 0.1) is 0 Å². The fourth-order valence-electron chi connectivity index (χ4n) is 2.76. The number of benzene rings is 1. The van der Waals surface area contributed by atoms with Crippen molar-refractivity contribution in [1.82, 2.24) is 5.32 Å². The number of hydrogen-bond donors (Lipinski definition) is 1. The Labute approximate surface area is 116 Å². The van der Waals surface area contributed by atoms with E-state index >= 15 is 0 Å². The van der Waals surface area contributed by atoms with E-state index in [2.05, 4.69) is 23.5 Å². The second-order valence-corrected chi connectivity index (χ2v) is 5.16. The largest absolute Gasteiger partial charge is 0.497 e. The summed E-state index contributed by atoms with van der Waals surface area (Å²) in [5.74, 6) is 0.965. The Morgan fingerprint density at radius 2 is 2.16 bits per heavy atom. The molecule has 106 valence electrons. The van der Waals surface area contributed by atoms with Gasteiger partial charge in [0, 0.05) is 19.8 Å². The topological polar surface area (TPSA) is 30.5 Å². The van der Waals surface area contributed by atoms with Crippen LogP contribution in [0.15, 0.2) is 18.2 Å². The number of nitrogens with one attached hydrogen (secondary N) is 1. The summed E-state index contributed by atoms with van der Waals surface area (Å²) in [4.78, 5) is 0. The Bertz CT molecular complexity index is 392. The average molecular weight is 263 g/mol. The predicted molar refractivity (Wildman–Crippen MR) is 77.8 cm³/mol. The summed E-state index contributed by atoms with van der Waals surface area (Å²) in [6.07, 6.45) is 5.99. The van der Waals surface area contributed by atoms with Gasteiger partial charge in [0.25, 0.3) is 0 Å². The molecule has 0 heterocycles. The van der Waals surface area contributed by atoms with E-state index in [0.717, 1.165) is 25.3 Å². The van der Waals surface area contributed by atoms with Crippen molar-refractivity contribution in [2.45, 2.75) is 38.1 Å². The zero-order chi connectivity index (χ0) is 13.5. The van der Waals surface area contributed by atoms with Crippen molar-refractivity contribution in [3.05, 3.63) is 29.3 Å². The zero-order valence-corrected chi connectivity index (χ0v) is 12.1. The van der Waals surface area contributed by atoms with Gasteiger partial charge in [-0.05, 0) is 61.9 Å². The highest BCUT2D eigenvalue weighted by Crippen LogP contribution is 2.32. The zero-order valence-electron chi connectivity index (χ0n) is 12.1. The molecular formula is C16H25NO2. The SMILES string of the molecule is COCCCCNC1CCCc2ccc(OC)cc21. The minimum absolute atomic E-state index is 0.487. The molecule has 3 heteroatoms. The van der Waals surface area contributed by atoms with E-state index in [-0.39, 0.29) is 0 Å². The van der Waals surface area contributed by atoms with Gasteiger partial charge in [-0.25, -0.2) is 0 Å². The van der Waals surface area contributed by atoms with Crippen LogP contribution in [0.5, 0.6) is 5.75 Å².